The molecular weight excluding hydrogens is 230 g/mol. The zero-order chi connectivity index (χ0) is 13.4. The summed E-state index contributed by atoms with van der Waals surface area (Å²) < 4.78 is 5.37. The van der Waals surface area contributed by atoms with E-state index in [1.165, 1.54) is 0 Å². The smallest absolute Gasteiger partial charge is 0.224 e. The summed E-state index contributed by atoms with van der Waals surface area (Å²) in [5, 5.41) is 3.32. The lowest BCUT2D eigenvalue weighted by molar-refractivity contribution is -0.132. The molecule has 1 unspecified atom stereocenters. The largest absolute Gasteiger partial charge is 0.378 e. The van der Waals surface area contributed by atoms with Crippen molar-refractivity contribution in [3.05, 3.63) is 0 Å². The van der Waals surface area contributed by atoms with Gasteiger partial charge in [-0.1, -0.05) is 0 Å². The Morgan fingerprint density at radius 1 is 1.39 bits per heavy atom. The number of ether oxygens (including phenoxy) is 1. The van der Waals surface area contributed by atoms with E-state index in [4.69, 9.17) is 4.74 Å². The van der Waals surface area contributed by atoms with Crippen molar-refractivity contribution in [3.63, 3.8) is 0 Å². The number of nitrogens with zero attached hydrogens (tertiary/aromatic N) is 2. The second-order valence-corrected chi connectivity index (χ2v) is 5.06. The summed E-state index contributed by atoms with van der Waals surface area (Å²) in [6.07, 6.45) is 1.58. The van der Waals surface area contributed by atoms with Crippen LogP contribution in [-0.4, -0.2) is 75.2 Å². The van der Waals surface area contributed by atoms with Gasteiger partial charge in [0.15, 0.2) is 0 Å². The Kier molecular flexibility index (Phi) is 7.23. The molecule has 0 aromatic rings. The Labute approximate surface area is 110 Å². The van der Waals surface area contributed by atoms with Gasteiger partial charge in [-0.05, 0) is 34.0 Å². The zero-order valence-electron chi connectivity index (χ0n) is 11.9. The average molecular weight is 257 g/mol. The van der Waals surface area contributed by atoms with Gasteiger partial charge in [0.2, 0.25) is 5.91 Å². The first-order valence-corrected chi connectivity index (χ1v) is 6.87. The molecule has 1 heterocycles. The zero-order valence-corrected chi connectivity index (χ0v) is 11.9. The van der Waals surface area contributed by atoms with Crippen molar-refractivity contribution >= 4 is 5.91 Å². The number of morpholine rings is 1. The highest BCUT2D eigenvalue weighted by Gasteiger charge is 2.20. The monoisotopic (exact) mass is 257 g/mol. The standard InChI is InChI=1S/C13H27N3O2/c1-4-16(8-5-7-15(2)3)13(17)10-12-11-18-9-6-14-12/h12,14H,4-11H2,1-3H3. The van der Waals surface area contributed by atoms with Crippen molar-refractivity contribution in [3.8, 4) is 0 Å². The molecule has 1 rings (SSSR count). The van der Waals surface area contributed by atoms with Gasteiger partial charge in [0.25, 0.3) is 0 Å². The molecule has 0 aromatic carbocycles. The van der Waals surface area contributed by atoms with E-state index < -0.39 is 0 Å². The van der Waals surface area contributed by atoms with Crippen molar-refractivity contribution in [1.29, 1.82) is 0 Å². The van der Waals surface area contributed by atoms with Gasteiger partial charge in [0.05, 0.1) is 13.2 Å². The minimum Gasteiger partial charge on any atom is -0.378 e. The Morgan fingerprint density at radius 2 is 2.17 bits per heavy atom. The fraction of sp³-hybridized carbons (Fsp3) is 0.923. The molecule has 0 bridgehead atoms. The number of rotatable bonds is 7. The van der Waals surface area contributed by atoms with Gasteiger partial charge in [-0.3, -0.25) is 4.79 Å². The first kappa shape index (κ1) is 15.4. The summed E-state index contributed by atoms with van der Waals surface area (Å²) >= 11 is 0. The third-order valence-electron chi connectivity index (χ3n) is 3.19. The predicted molar refractivity (Wildman–Crippen MR) is 72.7 cm³/mol. The van der Waals surface area contributed by atoms with Gasteiger partial charge < -0.3 is 19.9 Å². The normalized spacial score (nSPS) is 20.1. The average Bonchev–Trinajstić information content (AvgIpc) is 2.35. The van der Waals surface area contributed by atoms with E-state index in [9.17, 15) is 4.79 Å². The number of amides is 1. The molecule has 1 atom stereocenters. The highest BCUT2D eigenvalue weighted by molar-refractivity contribution is 5.76. The van der Waals surface area contributed by atoms with Gasteiger partial charge in [-0.2, -0.15) is 0 Å². The molecule has 0 spiro atoms. The molecule has 1 fully saturated rings. The van der Waals surface area contributed by atoms with Crippen molar-refractivity contribution in [2.75, 3.05) is 53.5 Å². The first-order chi connectivity index (χ1) is 8.63. The quantitative estimate of drug-likeness (QED) is 0.706. The van der Waals surface area contributed by atoms with Crippen molar-refractivity contribution < 1.29 is 9.53 Å². The molecule has 1 aliphatic heterocycles. The van der Waals surface area contributed by atoms with Crippen LogP contribution in [0, 0.1) is 0 Å². The second kappa shape index (κ2) is 8.45. The van der Waals surface area contributed by atoms with Crippen molar-refractivity contribution in [2.45, 2.75) is 25.8 Å². The van der Waals surface area contributed by atoms with Crippen LogP contribution in [0.2, 0.25) is 0 Å². The SMILES string of the molecule is CCN(CCCN(C)C)C(=O)CC1COCCN1. The van der Waals surface area contributed by atoms with Gasteiger partial charge >= 0.3 is 0 Å². The summed E-state index contributed by atoms with van der Waals surface area (Å²) in [7, 11) is 4.11. The number of nitrogens with one attached hydrogen (secondary N) is 1. The molecule has 0 aliphatic carbocycles. The summed E-state index contributed by atoms with van der Waals surface area (Å²) in [4.78, 5) is 16.2. The van der Waals surface area contributed by atoms with Crippen LogP contribution in [0.1, 0.15) is 19.8 Å². The Morgan fingerprint density at radius 3 is 2.72 bits per heavy atom. The Hall–Kier alpha value is -0.650. The van der Waals surface area contributed by atoms with Crippen LogP contribution in [0.3, 0.4) is 0 Å². The molecule has 0 radical (unpaired) electrons. The minimum absolute atomic E-state index is 0.189. The maximum atomic E-state index is 12.1. The van der Waals surface area contributed by atoms with E-state index in [1.807, 2.05) is 11.8 Å². The van der Waals surface area contributed by atoms with E-state index in [1.54, 1.807) is 0 Å². The highest BCUT2D eigenvalue weighted by atomic mass is 16.5. The first-order valence-electron chi connectivity index (χ1n) is 6.87. The topological polar surface area (TPSA) is 44.8 Å². The van der Waals surface area contributed by atoms with E-state index >= 15 is 0 Å². The third kappa shape index (κ3) is 5.80. The maximum Gasteiger partial charge on any atom is 0.224 e. The highest BCUT2D eigenvalue weighted by Crippen LogP contribution is 2.03. The molecule has 1 N–H and O–H groups in total. The Bertz CT molecular complexity index is 240. The molecule has 1 saturated heterocycles. The molecule has 0 saturated carbocycles. The fourth-order valence-corrected chi connectivity index (χ4v) is 2.13. The van der Waals surface area contributed by atoms with Gasteiger partial charge in [-0.25, -0.2) is 0 Å². The molecule has 106 valence electrons. The van der Waals surface area contributed by atoms with Crippen LogP contribution < -0.4 is 5.32 Å². The van der Waals surface area contributed by atoms with Gasteiger partial charge in [0.1, 0.15) is 0 Å². The molecule has 1 aliphatic rings. The van der Waals surface area contributed by atoms with Crippen LogP contribution in [0.15, 0.2) is 0 Å². The molecule has 5 heteroatoms. The summed E-state index contributed by atoms with van der Waals surface area (Å²) in [6.45, 7) is 6.96. The number of carbonyl (C=O) groups is 1. The Balaban J connectivity index is 2.27. The summed E-state index contributed by atoms with van der Waals surface area (Å²) in [5.74, 6) is 0.235. The fourth-order valence-electron chi connectivity index (χ4n) is 2.13. The van der Waals surface area contributed by atoms with Crippen molar-refractivity contribution in [1.82, 2.24) is 15.1 Å². The van der Waals surface area contributed by atoms with E-state index in [0.717, 1.165) is 39.2 Å². The van der Waals surface area contributed by atoms with E-state index in [0.29, 0.717) is 13.0 Å². The van der Waals surface area contributed by atoms with Crippen LogP contribution >= 0.6 is 0 Å². The molecule has 1 amide bonds. The van der Waals surface area contributed by atoms with E-state index in [-0.39, 0.29) is 11.9 Å². The third-order valence-corrected chi connectivity index (χ3v) is 3.19. The maximum absolute atomic E-state index is 12.1. The number of hydrogen-bond donors (Lipinski definition) is 1. The van der Waals surface area contributed by atoms with Gasteiger partial charge in [-0.15, -0.1) is 0 Å². The molecule has 5 nitrogen and oxygen atoms in total. The number of carbonyl (C=O) groups excluding carboxylic acids is 1. The van der Waals surface area contributed by atoms with Crippen LogP contribution in [-0.2, 0) is 9.53 Å². The molecular formula is C13H27N3O2. The molecule has 18 heavy (non-hydrogen) atoms. The summed E-state index contributed by atoms with van der Waals surface area (Å²) in [5.41, 5.74) is 0. The second-order valence-electron chi connectivity index (χ2n) is 5.06. The summed E-state index contributed by atoms with van der Waals surface area (Å²) in [6, 6.07) is 0.189. The van der Waals surface area contributed by atoms with Crippen LogP contribution in [0.4, 0.5) is 0 Å². The lowest BCUT2D eigenvalue weighted by Gasteiger charge is -2.27. The minimum atomic E-state index is 0.189. The van der Waals surface area contributed by atoms with Crippen LogP contribution in [0.5, 0.6) is 0 Å². The lowest BCUT2D eigenvalue weighted by Crippen LogP contribution is -2.45. The van der Waals surface area contributed by atoms with Gasteiger partial charge in [0, 0.05) is 32.1 Å². The lowest BCUT2D eigenvalue weighted by atomic mass is 10.1. The number of hydrogen-bond acceptors (Lipinski definition) is 4. The predicted octanol–water partition coefficient (Wildman–Crippen LogP) is 0.165. The van der Waals surface area contributed by atoms with E-state index in [2.05, 4.69) is 24.3 Å². The van der Waals surface area contributed by atoms with Crippen molar-refractivity contribution in [2.24, 2.45) is 0 Å². The van der Waals surface area contributed by atoms with Crippen LogP contribution in [0.25, 0.3) is 0 Å². The molecule has 0 aromatic heterocycles.